The Kier molecular flexibility index (Phi) is 54.0. The standard InChI is InChI=1S/C61H118O6/c1-5-7-9-11-13-15-17-19-20-21-22-23-24-30-34-38-42-46-50-54-61(64)67-58(55-65-59(62)52-48-44-40-36-32-27-18-16-14-12-10-8-6-2)56-66-60(63)53-49-45-41-37-33-29-26-25-28-31-35-39-43-47-51-57(3)4/h57-58H,5-56H2,1-4H3/t58-/m1/s1. The number of hydrogen-bond acceptors (Lipinski definition) is 6. The van der Waals surface area contributed by atoms with Crippen LogP contribution in [0, 0.1) is 5.92 Å². The van der Waals surface area contributed by atoms with E-state index in [1.807, 2.05) is 0 Å². The average molecular weight is 948 g/mol. The zero-order valence-electron chi connectivity index (χ0n) is 45.9. The lowest BCUT2D eigenvalue weighted by Gasteiger charge is -2.18. The van der Waals surface area contributed by atoms with Gasteiger partial charge in [0.25, 0.3) is 0 Å². The van der Waals surface area contributed by atoms with E-state index in [2.05, 4.69) is 27.7 Å². The summed E-state index contributed by atoms with van der Waals surface area (Å²) in [6, 6.07) is 0. The lowest BCUT2D eigenvalue weighted by molar-refractivity contribution is -0.167. The molecule has 0 bridgehead atoms. The smallest absolute Gasteiger partial charge is 0.306 e. The van der Waals surface area contributed by atoms with Gasteiger partial charge in [-0.2, -0.15) is 0 Å². The second-order valence-electron chi connectivity index (χ2n) is 21.5. The molecule has 0 amide bonds. The third-order valence-corrected chi connectivity index (χ3v) is 14.0. The molecule has 0 aliphatic heterocycles. The second-order valence-corrected chi connectivity index (χ2v) is 21.5. The summed E-state index contributed by atoms with van der Waals surface area (Å²) < 4.78 is 16.9. The van der Waals surface area contributed by atoms with Crippen molar-refractivity contribution in [1.29, 1.82) is 0 Å². The quantitative estimate of drug-likeness (QED) is 0.0343. The molecule has 0 aromatic carbocycles. The predicted molar refractivity (Wildman–Crippen MR) is 289 cm³/mol. The Labute approximate surface area is 418 Å². The largest absolute Gasteiger partial charge is 0.462 e. The molecule has 0 radical (unpaired) electrons. The SMILES string of the molecule is CCCCCCCCCCCCCCCCCCCCCC(=O)O[C@H](COC(=O)CCCCCCCCCCCCCCC)COC(=O)CCCCCCCCCCCCCCCCC(C)C. The molecule has 0 aliphatic carbocycles. The van der Waals surface area contributed by atoms with Crippen LogP contribution in [-0.4, -0.2) is 37.2 Å². The molecule has 0 aliphatic rings. The van der Waals surface area contributed by atoms with Gasteiger partial charge in [0.2, 0.25) is 0 Å². The summed E-state index contributed by atoms with van der Waals surface area (Å²) in [5.41, 5.74) is 0. The monoisotopic (exact) mass is 947 g/mol. The molecule has 0 aromatic heterocycles. The molecule has 0 N–H and O–H groups in total. The lowest BCUT2D eigenvalue weighted by atomic mass is 10.0. The van der Waals surface area contributed by atoms with E-state index >= 15 is 0 Å². The molecule has 398 valence electrons. The van der Waals surface area contributed by atoms with Crippen molar-refractivity contribution in [2.75, 3.05) is 13.2 Å². The van der Waals surface area contributed by atoms with E-state index in [1.165, 1.54) is 244 Å². The molecule has 0 heterocycles. The third-order valence-electron chi connectivity index (χ3n) is 14.0. The first-order valence-electron chi connectivity index (χ1n) is 30.4. The first-order chi connectivity index (χ1) is 32.9. The van der Waals surface area contributed by atoms with Gasteiger partial charge >= 0.3 is 17.9 Å². The van der Waals surface area contributed by atoms with Gasteiger partial charge in [0.05, 0.1) is 0 Å². The predicted octanol–water partition coefficient (Wildman–Crippen LogP) is 20.2. The molecule has 67 heavy (non-hydrogen) atoms. The summed E-state index contributed by atoms with van der Waals surface area (Å²) in [6.45, 7) is 9.08. The summed E-state index contributed by atoms with van der Waals surface area (Å²) in [7, 11) is 0. The maximum absolute atomic E-state index is 12.9. The number of hydrogen-bond donors (Lipinski definition) is 0. The molecule has 0 spiro atoms. The molecular formula is C61H118O6. The van der Waals surface area contributed by atoms with E-state index < -0.39 is 6.10 Å². The fourth-order valence-electron chi connectivity index (χ4n) is 9.46. The van der Waals surface area contributed by atoms with Gasteiger partial charge in [-0.1, -0.05) is 310 Å². The van der Waals surface area contributed by atoms with Crippen LogP contribution in [0.15, 0.2) is 0 Å². The maximum atomic E-state index is 12.9. The lowest BCUT2D eigenvalue weighted by Crippen LogP contribution is -2.30. The van der Waals surface area contributed by atoms with Crippen molar-refractivity contribution in [1.82, 2.24) is 0 Å². The first kappa shape index (κ1) is 65.4. The number of ether oxygens (including phenoxy) is 3. The summed E-state index contributed by atoms with van der Waals surface area (Å²) >= 11 is 0. The summed E-state index contributed by atoms with van der Waals surface area (Å²) in [5, 5.41) is 0. The number of unbranched alkanes of at least 4 members (excludes halogenated alkanes) is 43. The Hall–Kier alpha value is -1.59. The highest BCUT2D eigenvalue weighted by Crippen LogP contribution is 2.18. The van der Waals surface area contributed by atoms with Crippen molar-refractivity contribution in [3.63, 3.8) is 0 Å². The van der Waals surface area contributed by atoms with Crippen LogP contribution in [0.2, 0.25) is 0 Å². The van der Waals surface area contributed by atoms with Gasteiger partial charge in [0.1, 0.15) is 13.2 Å². The minimum Gasteiger partial charge on any atom is -0.462 e. The van der Waals surface area contributed by atoms with Crippen molar-refractivity contribution in [3.8, 4) is 0 Å². The molecule has 0 unspecified atom stereocenters. The van der Waals surface area contributed by atoms with Gasteiger partial charge in [0, 0.05) is 19.3 Å². The van der Waals surface area contributed by atoms with Gasteiger partial charge in [-0.25, -0.2) is 0 Å². The van der Waals surface area contributed by atoms with Crippen LogP contribution in [-0.2, 0) is 28.6 Å². The second kappa shape index (κ2) is 55.3. The van der Waals surface area contributed by atoms with E-state index in [4.69, 9.17) is 14.2 Å². The molecule has 6 nitrogen and oxygen atoms in total. The van der Waals surface area contributed by atoms with E-state index in [-0.39, 0.29) is 31.1 Å². The minimum absolute atomic E-state index is 0.0616. The fraction of sp³-hybridized carbons (Fsp3) is 0.951. The van der Waals surface area contributed by atoms with Gasteiger partial charge in [0.15, 0.2) is 6.10 Å². The van der Waals surface area contributed by atoms with Crippen LogP contribution in [0.4, 0.5) is 0 Å². The van der Waals surface area contributed by atoms with Gasteiger partial charge in [-0.05, 0) is 25.2 Å². The van der Waals surface area contributed by atoms with Crippen LogP contribution in [0.25, 0.3) is 0 Å². The number of carbonyl (C=O) groups is 3. The number of rotatable bonds is 56. The molecule has 1 atom stereocenters. The van der Waals surface area contributed by atoms with Crippen molar-refractivity contribution < 1.29 is 28.6 Å². The van der Waals surface area contributed by atoms with E-state index in [1.54, 1.807) is 0 Å². The summed E-state index contributed by atoms with van der Waals surface area (Å²) in [6.07, 6.45) is 61.0. The highest BCUT2D eigenvalue weighted by molar-refractivity contribution is 5.71. The Morgan fingerprint density at radius 3 is 0.731 bits per heavy atom. The van der Waals surface area contributed by atoms with Gasteiger partial charge < -0.3 is 14.2 Å². The zero-order valence-corrected chi connectivity index (χ0v) is 45.9. The topological polar surface area (TPSA) is 78.9 Å². The number of carbonyl (C=O) groups excluding carboxylic acids is 3. The fourth-order valence-corrected chi connectivity index (χ4v) is 9.46. The number of esters is 3. The Morgan fingerprint density at radius 2 is 0.493 bits per heavy atom. The van der Waals surface area contributed by atoms with Crippen molar-refractivity contribution in [2.24, 2.45) is 5.92 Å². The van der Waals surface area contributed by atoms with Crippen LogP contribution in [0.3, 0.4) is 0 Å². The van der Waals surface area contributed by atoms with Crippen LogP contribution >= 0.6 is 0 Å². The maximum Gasteiger partial charge on any atom is 0.306 e. The molecule has 6 heteroatoms. The van der Waals surface area contributed by atoms with Crippen LogP contribution in [0.5, 0.6) is 0 Å². The van der Waals surface area contributed by atoms with E-state index in [9.17, 15) is 14.4 Å². The molecule has 0 saturated heterocycles. The molecule has 0 fully saturated rings. The van der Waals surface area contributed by atoms with E-state index in [0.717, 1.165) is 63.7 Å². The van der Waals surface area contributed by atoms with Crippen molar-refractivity contribution in [3.05, 3.63) is 0 Å². The van der Waals surface area contributed by atoms with Crippen LogP contribution < -0.4 is 0 Å². The third kappa shape index (κ3) is 55.2. The normalized spacial score (nSPS) is 12.0. The molecule has 0 aromatic rings. The Bertz CT molecular complexity index is 1010. The van der Waals surface area contributed by atoms with E-state index in [0.29, 0.717) is 19.3 Å². The molecular weight excluding hydrogens is 829 g/mol. The van der Waals surface area contributed by atoms with Gasteiger partial charge in [-0.3, -0.25) is 14.4 Å². The van der Waals surface area contributed by atoms with Crippen molar-refractivity contribution >= 4 is 17.9 Å². The highest BCUT2D eigenvalue weighted by Gasteiger charge is 2.19. The van der Waals surface area contributed by atoms with Gasteiger partial charge in [-0.15, -0.1) is 0 Å². The highest BCUT2D eigenvalue weighted by atomic mass is 16.6. The van der Waals surface area contributed by atoms with Crippen LogP contribution in [0.1, 0.15) is 349 Å². The average Bonchev–Trinajstić information content (AvgIpc) is 3.31. The van der Waals surface area contributed by atoms with Crippen molar-refractivity contribution in [2.45, 2.75) is 355 Å². The molecule has 0 rings (SSSR count). The molecule has 0 saturated carbocycles. The minimum atomic E-state index is -0.762. The Balaban J connectivity index is 4.27. The Morgan fingerprint density at radius 1 is 0.284 bits per heavy atom. The first-order valence-corrected chi connectivity index (χ1v) is 30.4. The zero-order chi connectivity index (χ0) is 48.8. The summed E-state index contributed by atoms with van der Waals surface area (Å²) in [5.74, 6) is 0.0131. The summed E-state index contributed by atoms with van der Waals surface area (Å²) in [4.78, 5) is 38.2.